The highest BCUT2D eigenvalue weighted by Gasteiger charge is 2.34. The van der Waals surface area contributed by atoms with Gasteiger partial charge in [0.25, 0.3) is 0 Å². The maximum absolute atomic E-state index is 5.71. The highest BCUT2D eigenvalue weighted by Crippen LogP contribution is 2.27. The van der Waals surface area contributed by atoms with Gasteiger partial charge in [0.15, 0.2) is 0 Å². The summed E-state index contributed by atoms with van der Waals surface area (Å²) < 4.78 is 5.71. The molecule has 0 aromatic carbocycles. The third-order valence-electron chi connectivity index (χ3n) is 3.29. The Kier molecular flexibility index (Phi) is 2.66. The predicted molar refractivity (Wildman–Crippen MR) is 49.2 cm³/mol. The van der Waals surface area contributed by atoms with Crippen molar-refractivity contribution in [1.82, 2.24) is 5.32 Å². The van der Waals surface area contributed by atoms with E-state index in [2.05, 4.69) is 12.2 Å². The second-order valence-corrected chi connectivity index (χ2v) is 3.99. The lowest BCUT2D eigenvalue weighted by Crippen LogP contribution is -2.38. The van der Waals surface area contributed by atoms with Crippen LogP contribution in [0.1, 0.15) is 32.6 Å². The molecule has 2 saturated heterocycles. The van der Waals surface area contributed by atoms with Crippen LogP contribution >= 0.6 is 0 Å². The molecule has 3 unspecified atom stereocenters. The number of ether oxygens (including phenoxy) is 1. The van der Waals surface area contributed by atoms with Gasteiger partial charge in [-0.3, -0.25) is 0 Å². The molecule has 0 aliphatic carbocycles. The van der Waals surface area contributed by atoms with Crippen molar-refractivity contribution in [2.75, 3.05) is 13.2 Å². The van der Waals surface area contributed by atoms with Gasteiger partial charge in [-0.25, -0.2) is 0 Å². The Labute approximate surface area is 74.7 Å². The lowest BCUT2D eigenvalue weighted by molar-refractivity contribution is 0.0701. The molecule has 2 heteroatoms. The van der Waals surface area contributed by atoms with E-state index in [0.29, 0.717) is 12.1 Å². The second-order valence-electron chi connectivity index (χ2n) is 3.99. The summed E-state index contributed by atoms with van der Waals surface area (Å²) in [5, 5.41) is 3.57. The fourth-order valence-corrected chi connectivity index (χ4v) is 2.56. The molecule has 1 N–H and O–H groups in total. The topological polar surface area (TPSA) is 21.3 Å². The lowest BCUT2D eigenvalue weighted by atomic mass is 9.92. The van der Waals surface area contributed by atoms with Crippen molar-refractivity contribution >= 4 is 0 Å². The minimum atomic E-state index is 0.525. The first-order chi connectivity index (χ1) is 5.92. The number of hydrogen-bond acceptors (Lipinski definition) is 2. The minimum absolute atomic E-state index is 0.525. The number of rotatable bonds is 2. The summed E-state index contributed by atoms with van der Waals surface area (Å²) in [6.45, 7) is 4.47. The Morgan fingerprint density at radius 1 is 1.42 bits per heavy atom. The highest BCUT2D eigenvalue weighted by atomic mass is 16.5. The van der Waals surface area contributed by atoms with Crippen LogP contribution in [0.3, 0.4) is 0 Å². The Morgan fingerprint density at radius 2 is 2.33 bits per heavy atom. The molecule has 2 rings (SSSR count). The summed E-state index contributed by atoms with van der Waals surface area (Å²) >= 11 is 0. The van der Waals surface area contributed by atoms with Crippen molar-refractivity contribution in [3.05, 3.63) is 0 Å². The molecule has 2 fully saturated rings. The molecular weight excluding hydrogens is 150 g/mol. The van der Waals surface area contributed by atoms with Crippen molar-refractivity contribution in [3.63, 3.8) is 0 Å². The molecule has 2 heterocycles. The molecule has 2 aliphatic heterocycles. The van der Waals surface area contributed by atoms with Crippen LogP contribution in [0.5, 0.6) is 0 Å². The van der Waals surface area contributed by atoms with Gasteiger partial charge in [0, 0.05) is 12.6 Å². The van der Waals surface area contributed by atoms with E-state index in [-0.39, 0.29) is 0 Å². The van der Waals surface area contributed by atoms with Crippen molar-refractivity contribution in [3.8, 4) is 0 Å². The second kappa shape index (κ2) is 3.75. The average Bonchev–Trinajstić information content (AvgIpc) is 2.74. The van der Waals surface area contributed by atoms with Crippen LogP contribution in [-0.2, 0) is 4.74 Å². The quantitative estimate of drug-likeness (QED) is 0.677. The van der Waals surface area contributed by atoms with Crippen LogP contribution in [0.4, 0.5) is 0 Å². The predicted octanol–water partition coefficient (Wildman–Crippen LogP) is 1.55. The summed E-state index contributed by atoms with van der Waals surface area (Å²) in [6.07, 6.45) is 5.71. The van der Waals surface area contributed by atoms with Crippen LogP contribution in [0.15, 0.2) is 0 Å². The van der Waals surface area contributed by atoms with E-state index in [1.165, 1.54) is 32.2 Å². The van der Waals surface area contributed by atoms with Gasteiger partial charge < -0.3 is 10.1 Å². The molecule has 0 aromatic rings. The molecule has 0 radical (unpaired) electrons. The van der Waals surface area contributed by atoms with E-state index in [9.17, 15) is 0 Å². The molecule has 2 nitrogen and oxygen atoms in total. The molecule has 0 aromatic heterocycles. The Bertz CT molecular complexity index is 143. The van der Waals surface area contributed by atoms with E-state index < -0.39 is 0 Å². The van der Waals surface area contributed by atoms with Gasteiger partial charge in [0.2, 0.25) is 0 Å². The SMILES string of the molecule is CCC1CCNC1C1CCCO1. The first-order valence-corrected chi connectivity index (χ1v) is 5.27. The molecule has 70 valence electrons. The number of hydrogen-bond donors (Lipinski definition) is 1. The average molecular weight is 169 g/mol. The van der Waals surface area contributed by atoms with Gasteiger partial charge in [0.1, 0.15) is 0 Å². The fourth-order valence-electron chi connectivity index (χ4n) is 2.56. The minimum Gasteiger partial charge on any atom is -0.377 e. The Hall–Kier alpha value is -0.0800. The van der Waals surface area contributed by atoms with Gasteiger partial charge in [-0.2, -0.15) is 0 Å². The van der Waals surface area contributed by atoms with Crippen molar-refractivity contribution in [2.45, 2.75) is 44.8 Å². The summed E-state index contributed by atoms with van der Waals surface area (Å²) in [6, 6.07) is 0.664. The smallest absolute Gasteiger partial charge is 0.0731 e. The van der Waals surface area contributed by atoms with Gasteiger partial charge >= 0.3 is 0 Å². The summed E-state index contributed by atoms with van der Waals surface area (Å²) in [7, 11) is 0. The summed E-state index contributed by atoms with van der Waals surface area (Å²) in [5.74, 6) is 0.869. The zero-order valence-electron chi connectivity index (χ0n) is 7.88. The molecule has 0 bridgehead atoms. The van der Waals surface area contributed by atoms with Gasteiger partial charge in [-0.15, -0.1) is 0 Å². The zero-order chi connectivity index (χ0) is 8.39. The van der Waals surface area contributed by atoms with Crippen LogP contribution in [0.25, 0.3) is 0 Å². The van der Waals surface area contributed by atoms with Crippen LogP contribution in [0.2, 0.25) is 0 Å². The van der Waals surface area contributed by atoms with Gasteiger partial charge in [0.05, 0.1) is 6.10 Å². The standard InChI is InChI=1S/C10H19NO/c1-2-8-5-6-11-10(8)9-4-3-7-12-9/h8-11H,2-7H2,1H3. The lowest BCUT2D eigenvalue weighted by Gasteiger charge is -2.23. The van der Waals surface area contributed by atoms with E-state index in [4.69, 9.17) is 4.74 Å². The number of nitrogens with one attached hydrogen (secondary N) is 1. The first-order valence-electron chi connectivity index (χ1n) is 5.27. The van der Waals surface area contributed by atoms with Crippen LogP contribution in [0, 0.1) is 5.92 Å². The maximum Gasteiger partial charge on any atom is 0.0731 e. The first kappa shape index (κ1) is 8.52. The normalized spacial score (nSPS) is 42.2. The van der Waals surface area contributed by atoms with E-state index >= 15 is 0 Å². The fraction of sp³-hybridized carbons (Fsp3) is 1.00. The summed E-state index contributed by atoms with van der Waals surface area (Å²) in [5.41, 5.74) is 0. The zero-order valence-corrected chi connectivity index (χ0v) is 7.88. The Morgan fingerprint density at radius 3 is 3.00 bits per heavy atom. The monoisotopic (exact) mass is 169 g/mol. The molecular formula is C10H19NO. The third-order valence-corrected chi connectivity index (χ3v) is 3.29. The molecule has 3 atom stereocenters. The summed E-state index contributed by atoms with van der Waals surface area (Å²) in [4.78, 5) is 0. The van der Waals surface area contributed by atoms with E-state index in [1.54, 1.807) is 0 Å². The maximum atomic E-state index is 5.71. The third kappa shape index (κ3) is 1.50. The van der Waals surface area contributed by atoms with E-state index in [1.807, 2.05) is 0 Å². The van der Waals surface area contributed by atoms with Crippen molar-refractivity contribution in [1.29, 1.82) is 0 Å². The Balaban J connectivity index is 1.92. The molecule has 0 saturated carbocycles. The highest BCUT2D eigenvalue weighted by molar-refractivity contribution is 4.90. The van der Waals surface area contributed by atoms with Gasteiger partial charge in [-0.1, -0.05) is 13.3 Å². The van der Waals surface area contributed by atoms with E-state index in [0.717, 1.165) is 12.5 Å². The van der Waals surface area contributed by atoms with Crippen LogP contribution in [-0.4, -0.2) is 25.3 Å². The molecule has 12 heavy (non-hydrogen) atoms. The molecule has 0 amide bonds. The van der Waals surface area contributed by atoms with Crippen molar-refractivity contribution < 1.29 is 4.74 Å². The van der Waals surface area contributed by atoms with Gasteiger partial charge in [-0.05, 0) is 31.7 Å². The molecule has 2 aliphatic rings. The van der Waals surface area contributed by atoms with Crippen molar-refractivity contribution in [2.24, 2.45) is 5.92 Å². The van der Waals surface area contributed by atoms with Crippen LogP contribution < -0.4 is 5.32 Å². The molecule has 0 spiro atoms. The largest absolute Gasteiger partial charge is 0.377 e.